The number of aromatic amines is 1. The van der Waals surface area contributed by atoms with Gasteiger partial charge in [0.2, 0.25) is 0 Å². The van der Waals surface area contributed by atoms with Gasteiger partial charge in [0.15, 0.2) is 4.77 Å². The number of hydrogen-bond donors (Lipinski definition) is 1. The van der Waals surface area contributed by atoms with Gasteiger partial charge in [-0.3, -0.25) is 0 Å². The lowest BCUT2D eigenvalue weighted by Crippen LogP contribution is -2.22. The predicted molar refractivity (Wildman–Crippen MR) is 80.3 cm³/mol. The van der Waals surface area contributed by atoms with Crippen LogP contribution in [0.4, 0.5) is 0 Å². The lowest BCUT2D eigenvalue weighted by atomic mass is 10.3. The molecule has 0 aliphatic carbocycles. The van der Waals surface area contributed by atoms with E-state index in [1.807, 2.05) is 12.1 Å². The fraction of sp³-hybridized carbons (Fsp3) is 0.417. The molecule has 6 heteroatoms. The van der Waals surface area contributed by atoms with Gasteiger partial charge >= 0.3 is 0 Å². The van der Waals surface area contributed by atoms with Gasteiger partial charge in [0.1, 0.15) is 0 Å². The highest BCUT2D eigenvalue weighted by molar-refractivity contribution is 7.71. The van der Waals surface area contributed by atoms with Crippen LogP contribution in [0.25, 0.3) is 11.0 Å². The lowest BCUT2D eigenvalue weighted by molar-refractivity contribution is 0.336. The number of fused-ring (bicyclic) bond motifs is 1. The minimum atomic E-state index is 0.540. The Morgan fingerprint density at radius 2 is 2.00 bits per heavy atom. The van der Waals surface area contributed by atoms with Crippen molar-refractivity contribution >= 4 is 46.5 Å². The van der Waals surface area contributed by atoms with Crippen LogP contribution in [0.1, 0.15) is 6.92 Å². The molecule has 1 aromatic heterocycles. The van der Waals surface area contributed by atoms with Crippen LogP contribution < -0.4 is 0 Å². The first-order valence-electron chi connectivity index (χ1n) is 5.79. The number of rotatable bonds is 4. The maximum Gasteiger partial charge on any atom is 0.178 e. The molecule has 0 aliphatic rings. The molecule has 2 aromatic rings. The molecule has 1 N–H and O–H groups in total. The minimum Gasteiger partial charge on any atom is -0.331 e. The van der Waals surface area contributed by atoms with Crippen LogP contribution in [-0.2, 0) is 6.54 Å². The number of imidazole rings is 1. The Bertz CT molecular complexity index is 618. The van der Waals surface area contributed by atoms with E-state index in [2.05, 4.69) is 28.4 Å². The summed E-state index contributed by atoms with van der Waals surface area (Å²) in [5.74, 6) is 0. The average molecular weight is 304 g/mol. The number of H-pyrrole nitrogens is 1. The van der Waals surface area contributed by atoms with Gasteiger partial charge in [0.05, 0.1) is 21.1 Å². The van der Waals surface area contributed by atoms with Crippen molar-refractivity contribution in [2.24, 2.45) is 0 Å². The summed E-state index contributed by atoms with van der Waals surface area (Å²) in [6.45, 7) is 4.92. The molecular weight excluding hydrogens is 289 g/mol. The van der Waals surface area contributed by atoms with Gasteiger partial charge in [-0.05, 0) is 37.9 Å². The molecule has 0 unspecified atom stereocenters. The van der Waals surface area contributed by atoms with Crippen molar-refractivity contribution in [2.75, 3.05) is 20.1 Å². The fourth-order valence-electron chi connectivity index (χ4n) is 1.80. The van der Waals surface area contributed by atoms with Crippen molar-refractivity contribution in [3.05, 3.63) is 26.9 Å². The minimum absolute atomic E-state index is 0.540. The Labute approximate surface area is 121 Å². The third kappa shape index (κ3) is 2.72. The van der Waals surface area contributed by atoms with Gasteiger partial charge in [-0.2, -0.15) is 0 Å². The SMILES string of the molecule is CCN(C)CCn1c(=S)[nH]c2cc(Cl)c(Cl)cc21. The molecule has 0 amide bonds. The molecule has 0 fully saturated rings. The molecule has 0 radical (unpaired) electrons. The summed E-state index contributed by atoms with van der Waals surface area (Å²) in [7, 11) is 2.09. The second-order valence-corrected chi connectivity index (χ2v) is 5.46. The summed E-state index contributed by atoms with van der Waals surface area (Å²) in [6.07, 6.45) is 0. The van der Waals surface area contributed by atoms with Crippen molar-refractivity contribution in [1.29, 1.82) is 0 Å². The Kier molecular flexibility index (Phi) is 4.33. The quantitative estimate of drug-likeness (QED) is 0.865. The molecular formula is C12H15Cl2N3S. The number of aromatic nitrogens is 2. The van der Waals surface area contributed by atoms with Gasteiger partial charge in [-0.25, -0.2) is 0 Å². The normalized spacial score (nSPS) is 11.6. The van der Waals surface area contributed by atoms with E-state index < -0.39 is 0 Å². The third-order valence-electron chi connectivity index (χ3n) is 3.06. The molecule has 0 saturated heterocycles. The molecule has 1 aromatic carbocycles. The topological polar surface area (TPSA) is 24.0 Å². The Hall–Kier alpha value is -0.550. The van der Waals surface area contributed by atoms with Crippen molar-refractivity contribution in [3.63, 3.8) is 0 Å². The number of likely N-dealkylation sites (N-methyl/N-ethyl adjacent to an activating group) is 1. The standard InChI is InChI=1S/C12H15Cl2N3S/c1-3-16(2)4-5-17-11-7-9(14)8(13)6-10(11)15-12(17)18/h6-7H,3-5H2,1-2H3,(H,15,18). The van der Waals surface area contributed by atoms with Gasteiger partial charge in [0.25, 0.3) is 0 Å². The van der Waals surface area contributed by atoms with E-state index >= 15 is 0 Å². The summed E-state index contributed by atoms with van der Waals surface area (Å²) in [4.78, 5) is 5.39. The number of hydrogen-bond acceptors (Lipinski definition) is 2. The second-order valence-electron chi connectivity index (χ2n) is 4.26. The van der Waals surface area contributed by atoms with Crippen molar-refractivity contribution in [3.8, 4) is 0 Å². The number of nitrogens with one attached hydrogen (secondary N) is 1. The Balaban J connectivity index is 2.41. The summed E-state index contributed by atoms with van der Waals surface area (Å²) in [5.41, 5.74) is 1.92. The van der Waals surface area contributed by atoms with Gasteiger partial charge in [-0.1, -0.05) is 30.1 Å². The van der Waals surface area contributed by atoms with Crippen LogP contribution in [0.15, 0.2) is 12.1 Å². The van der Waals surface area contributed by atoms with Crippen LogP contribution in [0.5, 0.6) is 0 Å². The maximum absolute atomic E-state index is 6.06. The second kappa shape index (κ2) is 5.61. The molecule has 0 atom stereocenters. The first kappa shape index (κ1) is 13.9. The van der Waals surface area contributed by atoms with E-state index in [-0.39, 0.29) is 0 Å². The van der Waals surface area contributed by atoms with Crippen LogP contribution in [0, 0.1) is 4.77 Å². The summed E-state index contributed by atoms with van der Waals surface area (Å²) in [5, 5.41) is 1.09. The van der Waals surface area contributed by atoms with E-state index in [1.54, 1.807) is 0 Å². The summed E-state index contributed by atoms with van der Waals surface area (Å²) in [6, 6.07) is 3.67. The number of halogens is 2. The van der Waals surface area contributed by atoms with E-state index in [9.17, 15) is 0 Å². The number of benzene rings is 1. The van der Waals surface area contributed by atoms with Crippen molar-refractivity contribution in [1.82, 2.24) is 14.5 Å². The van der Waals surface area contributed by atoms with E-state index in [1.165, 1.54) is 0 Å². The van der Waals surface area contributed by atoms with Crippen LogP contribution in [0.3, 0.4) is 0 Å². The zero-order chi connectivity index (χ0) is 13.3. The molecule has 1 heterocycles. The van der Waals surface area contributed by atoms with Crippen molar-refractivity contribution < 1.29 is 0 Å². The molecule has 18 heavy (non-hydrogen) atoms. The zero-order valence-electron chi connectivity index (χ0n) is 10.3. The van der Waals surface area contributed by atoms with E-state index in [0.717, 1.165) is 30.7 Å². The van der Waals surface area contributed by atoms with Crippen LogP contribution in [0.2, 0.25) is 10.0 Å². The van der Waals surface area contributed by atoms with E-state index in [4.69, 9.17) is 35.4 Å². The Morgan fingerprint density at radius 1 is 1.33 bits per heavy atom. The van der Waals surface area contributed by atoms with Crippen LogP contribution >= 0.6 is 35.4 Å². The average Bonchev–Trinajstić information content (AvgIpc) is 2.62. The predicted octanol–water partition coefficient (Wildman–Crippen LogP) is 3.96. The monoisotopic (exact) mass is 303 g/mol. The lowest BCUT2D eigenvalue weighted by Gasteiger charge is -2.14. The summed E-state index contributed by atoms with van der Waals surface area (Å²) < 4.78 is 2.76. The smallest absolute Gasteiger partial charge is 0.178 e. The summed E-state index contributed by atoms with van der Waals surface area (Å²) >= 11 is 17.4. The first-order valence-corrected chi connectivity index (χ1v) is 6.95. The van der Waals surface area contributed by atoms with Crippen LogP contribution in [-0.4, -0.2) is 34.6 Å². The zero-order valence-corrected chi connectivity index (χ0v) is 12.7. The largest absolute Gasteiger partial charge is 0.331 e. The molecule has 98 valence electrons. The molecule has 0 bridgehead atoms. The Morgan fingerprint density at radius 3 is 2.67 bits per heavy atom. The fourth-order valence-corrected chi connectivity index (χ4v) is 2.42. The molecule has 0 saturated carbocycles. The molecule has 3 nitrogen and oxygen atoms in total. The first-order chi connectivity index (χ1) is 8.52. The van der Waals surface area contributed by atoms with E-state index in [0.29, 0.717) is 14.8 Å². The highest BCUT2D eigenvalue weighted by Gasteiger charge is 2.08. The maximum atomic E-state index is 6.06. The molecule has 0 aliphatic heterocycles. The highest BCUT2D eigenvalue weighted by atomic mass is 35.5. The van der Waals surface area contributed by atoms with Gasteiger partial charge < -0.3 is 14.5 Å². The molecule has 0 spiro atoms. The molecule has 2 rings (SSSR count). The number of nitrogens with zero attached hydrogens (tertiary/aromatic N) is 2. The highest BCUT2D eigenvalue weighted by Crippen LogP contribution is 2.27. The third-order valence-corrected chi connectivity index (χ3v) is 4.11. The van der Waals surface area contributed by atoms with Gasteiger partial charge in [-0.15, -0.1) is 0 Å². The van der Waals surface area contributed by atoms with Crippen molar-refractivity contribution in [2.45, 2.75) is 13.5 Å². The van der Waals surface area contributed by atoms with Gasteiger partial charge in [0, 0.05) is 13.1 Å².